The van der Waals surface area contributed by atoms with E-state index in [-0.39, 0.29) is 23.8 Å². The Labute approximate surface area is 306 Å². The van der Waals surface area contributed by atoms with E-state index in [1.54, 1.807) is 24.3 Å². The molecule has 3 heterocycles. The van der Waals surface area contributed by atoms with Crippen LogP contribution >= 0.6 is 0 Å². The molecule has 2 aliphatic heterocycles. The zero-order valence-corrected chi connectivity index (χ0v) is 29.8. The largest absolute Gasteiger partial charge is 0.573 e. The first-order valence-electron chi connectivity index (χ1n) is 18.7. The summed E-state index contributed by atoms with van der Waals surface area (Å²) in [6.07, 6.45) is 0.796. The number of carboxylic acid groups (broad SMARTS) is 1. The van der Waals surface area contributed by atoms with E-state index in [1.165, 1.54) is 24.1 Å². The molecule has 0 spiro atoms. The maximum absolute atomic E-state index is 14.0. The van der Waals surface area contributed by atoms with Crippen LogP contribution in [0.15, 0.2) is 72.8 Å². The molecule has 276 valence electrons. The zero-order chi connectivity index (χ0) is 36.9. The molecule has 3 aliphatic rings. The second kappa shape index (κ2) is 14.1. The number of hydrogen-bond donors (Lipinski definition) is 1. The molecule has 1 N–H and O–H groups in total. The summed E-state index contributed by atoms with van der Waals surface area (Å²) in [4.78, 5) is 32.7. The maximum Gasteiger partial charge on any atom is 0.573 e. The molecule has 1 saturated carbocycles. The summed E-state index contributed by atoms with van der Waals surface area (Å²) in [5.41, 5.74) is 6.75. The summed E-state index contributed by atoms with van der Waals surface area (Å²) in [6, 6.07) is 21.5. The average molecular weight is 725 g/mol. The Morgan fingerprint density at radius 2 is 1.58 bits per heavy atom. The third-order valence-corrected chi connectivity index (χ3v) is 11.4. The van der Waals surface area contributed by atoms with Crippen molar-refractivity contribution in [1.82, 2.24) is 14.4 Å². The highest BCUT2D eigenvalue weighted by Crippen LogP contribution is 2.49. The van der Waals surface area contributed by atoms with Gasteiger partial charge in [0.15, 0.2) is 0 Å². The van der Waals surface area contributed by atoms with Gasteiger partial charge in [-0.3, -0.25) is 4.79 Å². The Morgan fingerprint density at radius 1 is 0.830 bits per heavy atom. The summed E-state index contributed by atoms with van der Waals surface area (Å²) in [7, 11) is 0. The van der Waals surface area contributed by atoms with Gasteiger partial charge in [-0.05, 0) is 77.7 Å². The van der Waals surface area contributed by atoms with Gasteiger partial charge in [0.25, 0.3) is 0 Å². The number of amides is 1. The highest BCUT2D eigenvalue weighted by Gasteiger charge is 2.34. The fraction of sp³-hybridized carbons (Fsp3) is 0.381. The van der Waals surface area contributed by atoms with Gasteiger partial charge in [-0.15, -0.1) is 13.2 Å². The van der Waals surface area contributed by atoms with E-state index in [1.807, 2.05) is 29.2 Å². The van der Waals surface area contributed by atoms with Crippen molar-refractivity contribution >= 4 is 39.2 Å². The van der Waals surface area contributed by atoms with Gasteiger partial charge in [-0.1, -0.05) is 68.7 Å². The number of anilines is 1. The summed E-state index contributed by atoms with van der Waals surface area (Å²) < 4.78 is 45.6. The summed E-state index contributed by atoms with van der Waals surface area (Å²) in [6.45, 7) is 7.42. The Balaban J connectivity index is 1.29. The predicted octanol–water partition coefficient (Wildman–Crippen LogP) is 8.76. The van der Waals surface area contributed by atoms with E-state index in [0.717, 1.165) is 89.5 Å². The van der Waals surface area contributed by atoms with Crippen LogP contribution in [0.4, 0.5) is 18.9 Å². The number of ether oxygens (including phenoxy) is 1. The SMILES string of the molecule is CCN1CCN(C(=O)CN2CCn3c(c(C4CCCCC4)c4ccc(C(=O)O)cc43)-c3ccc4cc(-c5cccc(OC(F)(F)F)c5)ccc4c32)CC1. The molecule has 1 saturated heterocycles. The van der Waals surface area contributed by atoms with Crippen LogP contribution in [0.2, 0.25) is 0 Å². The molecular formula is C42H43F3N4O4. The molecule has 8 rings (SSSR count). The number of nitrogens with zero attached hydrogens (tertiary/aromatic N) is 4. The van der Waals surface area contributed by atoms with Crippen LogP contribution in [-0.2, 0) is 11.3 Å². The van der Waals surface area contributed by atoms with E-state index in [0.29, 0.717) is 37.7 Å². The molecule has 8 nitrogen and oxygen atoms in total. The van der Waals surface area contributed by atoms with Crippen LogP contribution < -0.4 is 9.64 Å². The van der Waals surface area contributed by atoms with Crippen LogP contribution in [0.3, 0.4) is 0 Å². The molecule has 1 aromatic heterocycles. The molecule has 11 heteroatoms. The number of aromatic carboxylic acids is 1. The van der Waals surface area contributed by atoms with Crippen LogP contribution in [0.1, 0.15) is 60.9 Å². The molecule has 4 aromatic carbocycles. The molecule has 2 fully saturated rings. The fourth-order valence-electron chi connectivity index (χ4n) is 8.80. The van der Waals surface area contributed by atoms with Gasteiger partial charge in [0, 0.05) is 61.1 Å². The number of carboxylic acids is 1. The quantitative estimate of drug-likeness (QED) is 0.181. The second-order valence-corrected chi connectivity index (χ2v) is 14.5. The minimum atomic E-state index is -4.79. The van der Waals surface area contributed by atoms with Gasteiger partial charge in [0.1, 0.15) is 5.75 Å². The van der Waals surface area contributed by atoms with Crippen molar-refractivity contribution < 1.29 is 32.6 Å². The molecule has 1 amide bonds. The first-order chi connectivity index (χ1) is 25.6. The third kappa shape index (κ3) is 6.83. The molecular weight excluding hydrogens is 681 g/mol. The Morgan fingerprint density at radius 3 is 2.32 bits per heavy atom. The number of likely N-dealkylation sites (N-methyl/N-ethyl adjacent to an activating group) is 1. The molecule has 0 bridgehead atoms. The number of carbonyl (C=O) groups excluding carboxylic acids is 1. The lowest BCUT2D eigenvalue weighted by Gasteiger charge is -2.36. The standard InChI is InChI=1S/C42H43F3N4O4/c1-2-46-17-19-47(20-18-46)37(50)26-48-21-22-49-36-25-31(41(51)52)13-15-34(36)38(27-7-4-3-5-8-27)40(49)35-16-12-30-23-29(11-14-33(30)39(35)48)28-9-6-10-32(24-28)53-42(43,44)45/h6,9-16,23-25,27H,2-5,7-8,17-22,26H2,1H3,(H,51,52). The maximum atomic E-state index is 14.0. The van der Waals surface area contributed by atoms with Crippen molar-refractivity contribution in [3.63, 3.8) is 0 Å². The minimum Gasteiger partial charge on any atom is -0.478 e. The van der Waals surface area contributed by atoms with Gasteiger partial charge in [-0.25, -0.2) is 4.79 Å². The molecule has 0 atom stereocenters. The monoisotopic (exact) mass is 724 g/mol. The zero-order valence-electron chi connectivity index (χ0n) is 29.8. The number of benzene rings is 4. The number of halogens is 3. The van der Waals surface area contributed by atoms with Crippen LogP contribution in [0, 0.1) is 0 Å². The van der Waals surface area contributed by atoms with Crippen molar-refractivity contribution in [3.8, 4) is 28.1 Å². The number of aromatic nitrogens is 1. The summed E-state index contributed by atoms with van der Waals surface area (Å²) >= 11 is 0. The topological polar surface area (TPSA) is 78.2 Å². The minimum absolute atomic E-state index is 0.0684. The summed E-state index contributed by atoms with van der Waals surface area (Å²) in [5.74, 6) is -0.865. The van der Waals surface area contributed by atoms with Crippen LogP contribution in [-0.4, -0.2) is 83.5 Å². The van der Waals surface area contributed by atoms with Gasteiger partial charge >= 0.3 is 12.3 Å². The Hall–Kier alpha value is -5.03. The van der Waals surface area contributed by atoms with Crippen molar-refractivity contribution in [2.75, 3.05) is 50.7 Å². The second-order valence-electron chi connectivity index (χ2n) is 14.5. The van der Waals surface area contributed by atoms with E-state index in [2.05, 4.69) is 38.2 Å². The Bertz CT molecular complexity index is 2200. The van der Waals surface area contributed by atoms with Gasteiger partial charge in [-0.2, -0.15) is 0 Å². The highest BCUT2D eigenvalue weighted by atomic mass is 19.4. The van der Waals surface area contributed by atoms with Crippen molar-refractivity contribution in [3.05, 3.63) is 83.9 Å². The van der Waals surface area contributed by atoms with E-state index in [9.17, 15) is 27.9 Å². The predicted molar refractivity (Wildman–Crippen MR) is 201 cm³/mol. The lowest BCUT2D eigenvalue weighted by Crippen LogP contribution is -2.51. The smallest absolute Gasteiger partial charge is 0.478 e. The molecule has 0 unspecified atom stereocenters. The number of alkyl halides is 3. The summed E-state index contributed by atoms with van der Waals surface area (Å²) in [5, 5.41) is 12.9. The lowest BCUT2D eigenvalue weighted by molar-refractivity contribution is -0.274. The first-order valence-corrected chi connectivity index (χ1v) is 18.7. The van der Waals surface area contributed by atoms with Crippen LogP contribution in [0.25, 0.3) is 44.1 Å². The van der Waals surface area contributed by atoms with Gasteiger partial charge in [0.05, 0.1) is 23.5 Å². The number of piperazine rings is 1. The van der Waals surface area contributed by atoms with Crippen molar-refractivity contribution in [2.24, 2.45) is 0 Å². The number of fused-ring (bicyclic) bond motifs is 7. The number of carbonyl (C=O) groups is 2. The highest BCUT2D eigenvalue weighted by molar-refractivity contribution is 6.07. The van der Waals surface area contributed by atoms with Crippen molar-refractivity contribution in [2.45, 2.75) is 57.9 Å². The average Bonchev–Trinajstić information content (AvgIpc) is 3.39. The molecule has 5 aromatic rings. The normalized spacial score (nSPS) is 17.1. The van der Waals surface area contributed by atoms with E-state index in [4.69, 9.17) is 0 Å². The van der Waals surface area contributed by atoms with Crippen molar-refractivity contribution in [1.29, 1.82) is 0 Å². The molecule has 53 heavy (non-hydrogen) atoms. The number of rotatable bonds is 7. The van der Waals surface area contributed by atoms with Gasteiger partial charge < -0.3 is 29.1 Å². The van der Waals surface area contributed by atoms with E-state index < -0.39 is 12.3 Å². The number of hydrogen-bond acceptors (Lipinski definition) is 5. The van der Waals surface area contributed by atoms with Gasteiger partial charge in [0.2, 0.25) is 5.91 Å². The Kier molecular flexibility index (Phi) is 9.30. The third-order valence-electron chi connectivity index (χ3n) is 11.4. The van der Waals surface area contributed by atoms with E-state index >= 15 is 0 Å². The first kappa shape index (κ1) is 35.0. The molecule has 0 radical (unpaired) electrons. The van der Waals surface area contributed by atoms with Crippen LogP contribution in [0.5, 0.6) is 5.75 Å². The molecule has 1 aliphatic carbocycles. The lowest BCUT2D eigenvalue weighted by atomic mass is 9.81. The fourth-order valence-corrected chi connectivity index (χ4v) is 8.80.